The van der Waals surface area contributed by atoms with E-state index in [0.29, 0.717) is 16.6 Å². The fourth-order valence-electron chi connectivity index (χ4n) is 3.07. The lowest BCUT2D eigenvalue weighted by Gasteiger charge is -2.34. The van der Waals surface area contributed by atoms with Crippen LogP contribution in [0.5, 0.6) is 0 Å². The minimum Gasteiger partial charge on any atom is -0.463 e. The molecule has 0 saturated heterocycles. The van der Waals surface area contributed by atoms with Crippen molar-refractivity contribution in [2.45, 2.75) is 44.8 Å². The fraction of sp³-hybridized carbons (Fsp3) is 0.500. The highest BCUT2D eigenvalue weighted by Gasteiger charge is 2.28. The molecular formula is C16H19N3O4. The largest absolute Gasteiger partial charge is 0.463 e. The zero-order valence-electron chi connectivity index (χ0n) is 13.2. The lowest BCUT2D eigenvalue weighted by Crippen LogP contribution is -2.40. The SMILES string of the molecule is CC(=O)O[C@H]1CC[C@H](N(C)C(=O)c2ccc3nonc3c2)CC1. The van der Waals surface area contributed by atoms with Crippen molar-refractivity contribution < 1.29 is 19.0 Å². The molecule has 7 heteroatoms. The second kappa shape index (κ2) is 6.36. The number of aromatic nitrogens is 2. The molecule has 122 valence electrons. The van der Waals surface area contributed by atoms with E-state index in [-0.39, 0.29) is 24.0 Å². The van der Waals surface area contributed by atoms with Gasteiger partial charge in [-0.15, -0.1) is 0 Å². The number of nitrogens with zero attached hydrogens (tertiary/aromatic N) is 3. The molecular weight excluding hydrogens is 298 g/mol. The van der Waals surface area contributed by atoms with Crippen LogP contribution in [0.25, 0.3) is 11.0 Å². The average Bonchev–Trinajstić information content (AvgIpc) is 3.01. The van der Waals surface area contributed by atoms with E-state index < -0.39 is 0 Å². The van der Waals surface area contributed by atoms with Crippen molar-refractivity contribution in [1.82, 2.24) is 15.2 Å². The first-order chi connectivity index (χ1) is 11.0. The Morgan fingerprint density at radius 2 is 1.87 bits per heavy atom. The van der Waals surface area contributed by atoms with Gasteiger partial charge in [-0.3, -0.25) is 9.59 Å². The number of carbonyl (C=O) groups excluding carboxylic acids is 2. The summed E-state index contributed by atoms with van der Waals surface area (Å²) in [5, 5.41) is 7.50. The Balaban J connectivity index is 1.64. The highest BCUT2D eigenvalue weighted by molar-refractivity contribution is 5.97. The van der Waals surface area contributed by atoms with Crippen LogP contribution in [0.2, 0.25) is 0 Å². The predicted molar refractivity (Wildman–Crippen MR) is 81.7 cm³/mol. The Kier molecular flexibility index (Phi) is 4.27. The van der Waals surface area contributed by atoms with Gasteiger partial charge in [0.1, 0.15) is 17.1 Å². The van der Waals surface area contributed by atoms with Gasteiger partial charge in [-0.25, -0.2) is 4.63 Å². The molecule has 1 aromatic heterocycles. The highest BCUT2D eigenvalue weighted by atomic mass is 16.6. The maximum Gasteiger partial charge on any atom is 0.302 e. The minimum absolute atomic E-state index is 0.0233. The number of esters is 1. The first-order valence-electron chi connectivity index (χ1n) is 7.71. The zero-order chi connectivity index (χ0) is 16.4. The normalized spacial score (nSPS) is 21.1. The van der Waals surface area contributed by atoms with E-state index in [9.17, 15) is 9.59 Å². The van der Waals surface area contributed by atoms with Gasteiger partial charge in [0.05, 0.1) is 0 Å². The van der Waals surface area contributed by atoms with Gasteiger partial charge >= 0.3 is 5.97 Å². The van der Waals surface area contributed by atoms with Crippen molar-refractivity contribution in [3.8, 4) is 0 Å². The third kappa shape index (κ3) is 3.33. The maximum atomic E-state index is 12.6. The molecule has 23 heavy (non-hydrogen) atoms. The summed E-state index contributed by atoms with van der Waals surface area (Å²) in [4.78, 5) is 25.4. The number of hydrogen-bond donors (Lipinski definition) is 0. The molecule has 0 unspecified atom stereocenters. The first-order valence-corrected chi connectivity index (χ1v) is 7.71. The molecule has 2 aromatic rings. The monoisotopic (exact) mass is 317 g/mol. The molecule has 1 fully saturated rings. The lowest BCUT2D eigenvalue weighted by molar-refractivity contribution is -0.148. The molecule has 1 heterocycles. The number of amides is 1. The molecule has 1 aliphatic carbocycles. The van der Waals surface area contributed by atoms with Gasteiger partial charge in [0.15, 0.2) is 0 Å². The molecule has 7 nitrogen and oxygen atoms in total. The zero-order valence-corrected chi connectivity index (χ0v) is 13.2. The minimum atomic E-state index is -0.243. The van der Waals surface area contributed by atoms with E-state index in [1.807, 2.05) is 7.05 Å². The molecule has 0 N–H and O–H groups in total. The molecule has 0 radical (unpaired) electrons. The van der Waals surface area contributed by atoms with Crippen molar-refractivity contribution in [3.05, 3.63) is 23.8 Å². The molecule has 0 bridgehead atoms. The number of rotatable bonds is 3. The van der Waals surface area contributed by atoms with E-state index in [1.54, 1.807) is 23.1 Å². The quantitative estimate of drug-likeness (QED) is 0.807. The van der Waals surface area contributed by atoms with Gasteiger partial charge < -0.3 is 9.64 Å². The third-order valence-corrected chi connectivity index (χ3v) is 4.35. The maximum absolute atomic E-state index is 12.6. The van der Waals surface area contributed by atoms with Crippen LogP contribution in [0.1, 0.15) is 43.0 Å². The van der Waals surface area contributed by atoms with Crippen LogP contribution in [0.4, 0.5) is 0 Å². The summed E-state index contributed by atoms with van der Waals surface area (Å²) in [5.41, 5.74) is 1.77. The van der Waals surface area contributed by atoms with Crippen LogP contribution < -0.4 is 0 Å². The summed E-state index contributed by atoms with van der Waals surface area (Å²) in [6, 6.07) is 5.30. The van der Waals surface area contributed by atoms with E-state index in [1.165, 1.54) is 6.92 Å². The third-order valence-electron chi connectivity index (χ3n) is 4.35. The number of carbonyl (C=O) groups is 2. The summed E-state index contributed by atoms with van der Waals surface area (Å²) >= 11 is 0. The molecule has 3 rings (SSSR count). The van der Waals surface area contributed by atoms with Gasteiger partial charge in [-0.05, 0) is 54.2 Å². The Bertz CT molecular complexity index is 719. The lowest BCUT2D eigenvalue weighted by atomic mass is 9.91. The number of fused-ring (bicyclic) bond motifs is 1. The van der Waals surface area contributed by atoms with Gasteiger partial charge in [0.25, 0.3) is 5.91 Å². The predicted octanol–water partition coefficient (Wildman–Crippen LogP) is 2.17. The Morgan fingerprint density at radius 3 is 2.57 bits per heavy atom. The van der Waals surface area contributed by atoms with Crippen molar-refractivity contribution in [2.75, 3.05) is 7.05 Å². The summed E-state index contributed by atoms with van der Waals surface area (Å²) in [6.45, 7) is 1.43. The van der Waals surface area contributed by atoms with Gasteiger partial charge in [-0.1, -0.05) is 0 Å². The smallest absolute Gasteiger partial charge is 0.302 e. The van der Waals surface area contributed by atoms with Crippen molar-refractivity contribution >= 4 is 22.9 Å². The van der Waals surface area contributed by atoms with Gasteiger partial charge in [-0.2, -0.15) is 0 Å². The summed E-state index contributed by atoms with van der Waals surface area (Å²) < 4.78 is 9.89. The number of benzene rings is 1. The van der Waals surface area contributed by atoms with Crippen LogP contribution in [0, 0.1) is 0 Å². The van der Waals surface area contributed by atoms with Crippen LogP contribution in [0.15, 0.2) is 22.8 Å². The molecule has 0 atom stereocenters. The van der Waals surface area contributed by atoms with Gasteiger partial charge in [0.2, 0.25) is 0 Å². The molecule has 0 aliphatic heterocycles. The van der Waals surface area contributed by atoms with Crippen molar-refractivity contribution in [3.63, 3.8) is 0 Å². The second-order valence-corrected chi connectivity index (χ2v) is 5.92. The van der Waals surface area contributed by atoms with Gasteiger partial charge in [0, 0.05) is 25.6 Å². The molecule has 0 spiro atoms. The fourth-order valence-corrected chi connectivity index (χ4v) is 3.07. The second-order valence-electron chi connectivity index (χ2n) is 5.92. The van der Waals surface area contributed by atoms with Crippen molar-refractivity contribution in [2.24, 2.45) is 0 Å². The van der Waals surface area contributed by atoms with E-state index in [0.717, 1.165) is 25.7 Å². The summed E-state index contributed by atoms with van der Waals surface area (Å²) in [5.74, 6) is -0.293. The molecule has 1 aromatic carbocycles. The van der Waals surface area contributed by atoms with Crippen molar-refractivity contribution in [1.29, 1.82) is 0 Å². The molecule has 1 aliphatic rings. The standard InChI is InChI=1S/C16H19N3O4/c1-10(20)22-13-6-4-12(5-7-13)19(2)16(21)11-3-8-14-15(9-11)18-23-17-14/h3,8-9,12-13H,4-7H2,1-2H3/t12-,13-. The summed E-state index contributed by atoms with van der Waals surface area (Å²) in [6.07, 6.45) is 3.20. The number of hydrogen-bond acceptors (Lipinski definition) is 6. The Morgan fingerprint density at radius 1 is 1.17 bits per heavy atom. The molecule has 1 saturated carbocycles. The Labute approximate surface area is 133 Å². The van der Waals surface area contributed by atoms with E-state index >= 15 is 0 Å². The van der Waals surface area contributed by atoms with Crippen LogP contribution in [0.3, 0.4) is 0 Å². The summed E-state index contributed by atoms with van der Waals surface area (Å²) in [7, 11) is 1.81. The first kappa shape index (κ1) is 15.5. The highest BCUT2D eigenvalue weighted by Crippen LogP contribution is 2.26. The van der Waals surface area contributed by atoms with Crippen LogP contribution in [-0.4, -0.2) is 46.3 Å². The average molecular weight is 317 g/mol. The van der Waals surface area contributed by atoms with Crippen LogP contribution in [-0.2, 0) is 9.53 Å². The topological polar surface area (TPSA) is 85.5 Å². The Hall–Kier alpha value is -2.44. The molecule has 1 amide bonds. The van der Waals surface area contributed by atoms with Crippen LogP contribution >= 0.6 is 0 Å². The van der Waals surface area contributed by atoms with E-state index in [4.69, 9.17) is 4.74 Å². The number of ether oxygens (including phenoxy) is 1. The van der Waals surface area contributed by atoms with E-state index in [2.05, 4.69) is 14.9 Å².